The third-order valence-electron chi connectivity index (χ3n) is 5.19. The Morgan fingerprint density at radius 3 is 2.62 bits per heavy atom. The fourth-order valence-electron chi connectivity index (χ4n) is 3.66. The highest BCUT2D eigenvalue weighted by molar-refractivity contribution is 5.85. The van der Waals surface area contributed by atoms with Crippen molar-refractivity contribution in [3.8, 4) is 0 Å². The maximum atomic E-state index is 12.3. The number of carbonyl (C=O) groups excluding carboxylic acids is 2. The van der Waals surface area contributed by atoms with Gasteiger partial charge in [0.2, 0.25) is 5.91 Å². The molecule has 0 atom stereocenters. The summed E-state index contributed by atoms with van der Waals surface area (Å²) in [5.74, 6) is -0.141. The van der Waals surface area contributed by atoms with Crippen LogP contribution >= 0.6 is 0 Å². The average Bonchev–Trinajstić information content (AvgIpc) is 3.06. The minimum absolute atomic E-state index is 0.137. The summed E-state index contributed by atoms with van der Waals surface area (Å²) in [4.78, 5) is 26.2. The molecular weight excluding hydrogens is 304 g/mol. The average molecular weight is 330 g/mol. The Balaban J connectivity index is 1.40. The zero-order valence-electron chi connectivity index (χ0n) is 14.1. The summed E-state index contributed by atoms with van der Waals surface area (Å²) in [7, 11) is 0. The first-order chi connectivity index (χ1) is 11.6. The molecule has 1 fully saturated rings. The number of hydrogen-bond acceptors (Lipinski definition) is 3. The number of benzene rings is 1. The zero-order chi connectivity index (χ0) is 17.0. The van der Waals surface area contributed by atoms with Gasteiger partial charge in [0.05, 0.1) is 0 Å². The monoisotopic (exact) mass is 330 g/mol. The van der Waals surface area contributed by atoms with Crippen LogP contribution in [0.5, 0.6) is 0 Å². The standard InChI is InChI=1S/C19H26N2O3/c22-17(21-13-9-15-6-1-2-7-16(15)14-21)8-5-12-20-18(23)19(24)10-3-4-11-19/h1-2,6-7,24H,3-5,8-14H2,(H,20,23). The van der Waals surface area contributed by atoms with Gasteiger partial charge >= 0.3 is 0 Å². The lowest BCUT2D eigenvalue weighted by atomic mass is 9.99. The third kappa shape index (κ3) is 3.78. The predicted octanol–water partition coefficient (Wildman–Crippen LogP) is 1.77. The minimum atomic E-state index is -1.18. The van der Waals surface area contributed by atoms with Crippen molar-refractivity contribution < 1.29 is 14.7 Å². The smallest absolute Gasteiger partial charge is 0.251 e. The molecule has 1 heterocycles. The van der Waals surface area contributed by atoms with E-state index < -0.39 is 5.60 Å². The van der Waals surface area contributed by atoms with E-state index in [0.29, 0.717) is 38.8 Å². The maximum Gasteiger partial charge on any atom is 0.251 e. The Kier molecular flexibility index (Phi) is 5.19. The zero-order valence-corrected chi connectivity index (χ0v) is 14.1. The van der Waals surface area contributed by atoms with E-state index in [4.69, 9.17) is 0 Å². The molecule has 1 aromatic rings. The third-order valence-corrected chi connectivity index (χ3v) is 5.19. The molecule has 130 valence electrons. The van der Waals surface area contributed by atoms with Gasteiger partial charge < -0.3 is 15.3 Å². The second-order valence-corrected chi connectivity index (χ2v) is 6.93. The fraction of sp³-hybridized carbons (Fsp3) is 0.579. The van der Waals surface area contributed by atoms with Crippen LogP contribution in [0.2, 0.25) is 0 Å². The Morgan fingerprint density at radius 1 is 1.17 bits per heavy atom. The molecule has 1 aromatic carbocycles. The summed E-state index contributed by atoms with van der Waals surface area (Å²) in [6.07, 6.45) is 4.85. The first-order valence-corrected chi connectivity index (χ1v) is 8.94. The van der Waals surface area contributed by atoms with Crippen molar-refractivity contribution in [1.29, 1.82) is 0 Å². The predicted molar refractivity (Wildman–Crippen MR) is 91.2 cm³/mol. The van der Waals surface area contributed by atoms with Gasteiger partial charge in [-0.05, 0) is 49.7 Å². The van der Waals surface area contributed by atoms with Crippen molar-refractivity contribution in [2.24, 2.45) is 0 Å². The van der Waals surface area contributed by atoms with Crippen molar-refractivity contribution in [2.75, 3.05) is 13.1 Å². The molecule has 5 nitrogen and oxygen atoms in total. The Labute approximate surface area is 143 Å². The van der Waals surface area contributed by atoms with E-state index in [9.17, 15) is 14.7 Å². The lowest BCUT2D eigenvalue weighted by molar-refractivity contribution is -0.139. The second kappa shape index (κ2) is 7.34. The summed E-state index contributed by atoms with van der Waals surface area (Å²) in [6.45, 7) is 1.89. The molecule has 24 heavy (non-hydrogen) atoms. The van der Waals surface area contributed by atoms with E-state index in [1.54, 1.807) is 0 Å². The first-order valence-electron chi connectivity index (χ1n) is 8.94. The molecule has 1 aliphatic heterocycles. The van der Waals surface area contributed by atoms with Gasteiger partial charge in [-0.2, -0.15) is 0 Å². The van der Waals surface area contributed by atoms with Crippen molar-refractivity contribution in [2.45, 2.75) is 57.1 Å². The minimum Gasteiger partial charge on any atom is -0.380 e. The van der Waals surface area contributed by atoms with Crippen molar-refractivity contribution >= 4 is 11.8 Å². The lowest BCUT2D eigenvalue weighted by Gasteiger charge is -2.29. The van der Waals surface area contributed by atoms with Crippen LogP contribution in [0, 0.1) is 0 Å². The highest BCUT2D eigenvalue weighted by Crippen LogP contribution is 2.29. The number of nitrogens with one attached hydrogen (secondary N) is 1. The Morgan fingerprint density at radius 2 is 1.88 bits per heavy atom. The highest BCUT2D eigenvalue weighted by atomic mass is 16.3. The molecule has 3 rings (SSSR count). The van der Waals surface area contributed by atoms with E-state index in [2.05, 4.69) is 17.4 Å². The number of nitrogens with zero attached hydrogens (tertiary/aromatic N) is 1. The number of carbonyl (C=O) groups is 2. The van der Waals surface area contributed by atoms with E-state index in [1.807, 2.05) is 17.0 Å². The van der Waals surface area contributed by atoms with E-state index >= 15 is 0 Å². The van der Waals surface area contributed by atoms with Gasteiger partial charge in [-0.25, -0.2) is 0 Å². The molecule has 2 amide bonds. The number of hydrogen-bond donors (Lipinski definition) is 2. The summed E-state index contributed by atoms with van der Waals surface area (Å²) in [6, 6.07) is 8.26. The first kappa shape index (κ1) is 17.0. The topological polar surface area (TPSA) is 69.6 Å². The normalized spacial score (nSPS) is 19.0. The molecule has 2 aliphatic rings. The molecule has 0 unspecified atom stereocenters. The van der Waals surface area contributed by atoms with Gasteiger partial charge in [-0.15, -0.1) is 0 Å². The number of rotatable bonds is 5. The number of amides is 2. The van der Waals surface area contributed by atoms with E-state index in [1.165, 1.54) is 11.1 Å². The van der Waals surface area contributed by atoms with E-state index in [-0.39, 0.29) is 11.8 Å². The van der Waals surface area contributed by atoms with Crippen molar-refractivity contribution in [3.63, 3.8) is 0 Å². The summed E-state index contributed by atoms with van der Waals surface area (Å²) in [5.41, 5.74) is 1.38. The summed E-state index contributed by atoms with van der Waals surface area (Å²) < 4.78 is 0. The molecule has 0 bridgehead atoms. The Hall–Kier alpha value is -1.88. The van der Waals surface area contributed by atoms with Crippen LogP contribution in [0.15, 0.2) is 24.3 Å². The lowest BCUT2D eigenvalue weighted by Crippen LogP contribution is -2.45. The van der Waals surface area contributed by atoms with Gasteiger partial charge in [-0.3, -0.25) is 9.59 Å². The molecule has 1 aliphatic carbocycles. The van der Waals surface area contributed by atoms with Gasteiger partial charge in [0.1, 0.15) is 5.60 Å². The van der Waals surface area contributed by atoms with Crippen molar-refractivity contribution in [1.82, 2.24) is 10.2 Å². The van der Waals surface area contributed by atoms with Gasteiger partial charge in [0, 0.05) is 26.1 Å². The van der Waals surface area contributed by atoms with Crippen LogP contribution in [0.25, 0.3) is 0 Å². The SMILES string of the molecule is O=C(CCCNC(=O)C1(O)CCCC1)N1CCc2ccccc2C1. The molecule has 5 heteroatoms. The fourth-order valence-corrected chi connectivity index (χ4v) is 3.66. The van der Waals surface area contributed by atoms with Crippen molar-refractivity contribution in [3.05, 3.63) is 35.4 Å². The van der Waals surface area contributed by atoms with Crippen LogP contribution in [-0.4, -0.2) is 40.5 Å². The van der Waals surface area contributed by atoms with Crippen LogP contribution in [0.4, 0.5) is 0 Å². The molecule has 1 saturated carbocycles. The quantitative estimate of drug-likeness (QED) is 0.809. The largest absolute Gasteiger partial charge is 0.380 e. The van der Waals surface area contributed by atoms with Gasteiger partial charge in [0.15, 0.2) is 0 Å². The summed E-state index contributed by atoms with van der Waals surface area (Å²) >= 11 is 0. The summed E-state index contributed by atoms with van der Waals surface area (Å²) in [5, 5.41) is 13.0. The van der Waals surface area contributed by atoms with E-state index in [0.717, 1.165) is 25.8 Å². The van der Waals surface area contributed by atoms with Crippen LogP contribution in [-0.2, 0) is 22.6 Å². The molecule has 0 spiro atoms. The molecule has 0 aromatic heterocycles. The molecule has 0 saturated heterocycles. The highest BCUT2D eigenvalue weighted by Gasteiger charge is 2.38. The maximum absolute atomic E-state index is 12.3. The Bertz CT molecular complexity index is 608. The number of aliphatic hydroxyl groups is 1. The second-order valence-electron chi connectivity index (χ2n) is 6.93. The number of fused-ring (bicyclic) bond motifs is 1. The van der Waals surface area contributed by atoms with Gasteiger partial charge in [-0.1, -0.05) is 24.3 Å². The van der Waals surface area contributed by atoms with Crippen LogP contribution in [0.3, 0.4) is 0 Å². The molecule has 2 N–H and O–H groups in total. The van der Waals surface area contributed by atoms with Gasteiger partial charge in [0.25, 0.3) is 5.91 Å². The van der Waals surface area contributed by atoms with Crippen LogP contribution < -0.4 is 5.32 Å². The molecular formula is C19H26N2O3. The van der Waals surface area contributed by atoms with Crippen LogP contribution in [0.1, 0.15) is 49.7 Å². The molecule has 0 radical (unpaired) electrons.